The molecule has 0 aromatic carbocycles. The van der Waals surface area contributed by atoms with Crippen LogP contribution in [0.15, 0.2) is 12.4 Å². The molecule has 5 heteroatoms. The van der Waals surface area contributed by atoms with Gasteiger partial charge in [-0.15, -0.1) is 0 Å². The van der Waals surface area contributed by atoms with E-state index in [1.54, 1.807) is 13.1 Å². The maximum atomic E-state index is 10.2. The number of aromatic nitrogens is 2. The number of aryl methyl sites for hydroxylation is 1. The Morgan fingerprint density at radius 3 is 2.53 bits per heavy atom. The number of imidazole rings is 1. The monoisotopic (exact) mass is 214 g/mol. The van der Waals surface area contributed by atoms with Crippen molar-refractivity contribution in [1.82, 2.24) is 9.55 Å². The van der Waals surface area contributed by atoms with Crippen molar-refractivity contribution in [3.05, 3.63) is 18.2 Å². The van der Waals surface area contributed by atoms with Gasteiger partial charge in [0.15, 0.2) is 6.29 Å². The highest BCUT2D eigenvalue weighted by Gasteiger charge is 2.33. The van der Waals surface area contributed by atoms with Crippen molar-refractivity contribution >= 4 is 0 Å². The van der Waals surface area contributed by atoms with E-state index in [9.17, 15) is 5.11 Å². The van der Waals surface area contributed by atoms with Crippen LogP contribution in [0.5, 0.6) is 0 Å². The van der Waals surface area contributed by atoms with E-state index >= 15 is 0 Å². The fourth-order valence-electron chi connectivity index (χ4n) is 1.57. The quantitative estimate of drug-likeness (QED) is 0.718. The fourth-order valence-corrected chi connectivity index (χ4v) is 1.57. The topological polar surface area (TPSA) is 56.5 Å². The molecule has 0 saturated heterocycles. The maximum absolute atomic E-state index is 10.2. The van der Waals surface area contributed by atoms with Crippen molar-refractivity contribution in [3.8, 4) is 0 Å². The molecule has 1 aromatic heterocycles. The zero-order valence-corrected chi connectivity index (χ0v) is 9.60. The first-order chi connectivity index (χ1) is 7.01. The lowest BCUT2D eigenvalue weighted by Crippen LogP contribution is -2.44. The standard InChI is InChI=1S/C10H18N2O3/c1-10(13,9(14-3)15-4)7-8-11-5-6-12(8)2/h5-6,9,13H,7H2,1-4H3. The molecular weight excluding hydrogens is 196 g/mol. The van der Waals surface area contributed by atoms with Crippen LogP contribution < -0.4 is 0 Å². The molecule has 0 aliphatic carbocycles. The summed E-state index contributed by atoms with van der Waals surface area (Å²) in [5.41, 5.74) is -1.09. The van der Waals surface area contributed by atoms with Gasteiger partial charge in [0.2, 0.25) is 0 Å². The van der Waals surface area contributed by atoms with Crippen LogP contribution in [0.2, 0.25) is 0 Å². The first kappa shape index (κ1) is 12.2. The van der Waals surface area contributed by atoms with Gasteiger partial charge >= 0.3 is 0 Å². The lowest BCUT2D eigenvalue weighted by atomic mass is 10.0. The summed E-state index contributed by atoms with van der Waals surface area (Å²) in [5.74, 6) is 0.791. The molecular formula is C10H18N2O3. The van der Waals surface area contributed by atoms with Gasteiger partial charge in [-0.1, -0.05) is 0 Å². The number of hydrogen-bond donors (Lipinski definition) is 1. The van der Waals surface area contributed by atoms with E-state index in [0.29, 0.717) is 6.42 Å². The Labute approximate surface area is 89.6 Å². The number of methoxy groups -OCH3 is 2. The van der Waals surface area contributed by atoms with Crippen LogP contribution >= 0.6 is 0 Å². The summed E-state index contributed by atoms with van der Waals surface area (Å²) in [5, 5.41) is 10.2. The van der Waals surface area contributed by atoms with Gasteiger partial charge in [0.1, 0.15) is 11.4 Å². The van der Waals surface area contributed by atoms with Gasteiger partial charge in [-0.3, -0.25) is 0 Å². The number of rotatable bonds is 5. The molecule has 15 heavy (non-hydrogen) atoms. The molecule has 1 heterocycles. The minimum atomic E-state index is -1.09. The van der Waals surface area contributed by atoms with Crippen molar-refractivity contribution in [2.75, 3.05) is 14.2 Å². The molecule has 0 saturated carbocycles. The summed E-state index contributed by atoms with van der Waals surface area (Å²) >= 11 is 0. The lowest BCUT2D eigenvalue weighted by molar-refractivity contribution is -0.208. The Kier molecular flexibility index (Phi) is 3.84. The smallest absolute Gasteiger partial charge is 0.185 e. The summed E-state index contributed by atoms with van der Waals surface area (Å²) in [6, 6.07) is 0. The molecule has 0 spiro atoms. The molecule has 5 nitrogen and oxygen atoms in total. The number of ether oxygens (including phenoxy) is 2. The van der Waals surface area contributed by atoms with Crippen molar-refractivity contribution < 1.29 is 14.6 Å². The van der Waals surface area contributed by atoms with Crippen LogP contribution in [0.25, 0.3) is 0 Å². The van der Waals surface area contributed by atoms with Gasteiger partial charge in [-0.2, -0.15) is 0 Å². The van der Waals surface area contributed by atoms with Crippen molar-refractivity contribution in [2.24, 2.45) is 7.05 Å². The van der Waals surface area contributed by atoms with Gasteiger partial charge in [0.05, 0.1) is 0 Å². The molecule has 86 valence electrons. The largest absolute Gasteiger partial charge is 0.384 e. The van der Waals surface area contributed by atoms with E-state index in [0.717, 1.165) is 5.82 Å². The predicted octanol–water partition coefficient (Wildman–Crippen LogP) is 0.332. The molecule has 0 amide bonds. The Bertz CT molecular complexity index is 305. The molecule has 0 fully saturated rings. The van der Waals surface area contributed by atoms with Gasteiger partial charge in [-0.05, 0) is 6.92 Å². The number of hydrogen-bond acceptors (Lipinski definition) is 4. The third-order valence-electron chi connectivity index (χ3n) is 2.37. The van der Waals surface area contributed by atoms with E-state index in [1.807, 2.05) is 17.8 Å². The number of aliphatic hydroxyl groups is 1. The molecule has 1 rings (SSSR count). The minimum absolute atomic E-state index is 0.378. The first-order valence-electron chi connectivity index (χ1n) is 4.75. The summed E-state index contributed by atoms with van der Waals surface area (Å²) in [6.07, 6.45) is 3.25. The predicted molar refractivity (Wildman–Crippen MR) is 55.3 cm³/mol. The zero-order chi connectivity index (χ0) is 11.5. The average molecular weight is 214 g/mol. The zero-order valence-electron chi connectivity index (χ0n) is 9.60. The second kappa shape index (κ2) is 4.74. The van der Waals surface area contributed by atoms with E-state index < -0.39 is 11.9 Å². The summed E-state index contributed by atoms with van der Waals surface area (Å²) in [7, 11) is 4.88. The molecule has 0 aliphatic heterocycles. The SMILES string of the molecule is COC(OC)C(C)(O)Cc1nccn1C. The molecule has 0 bridgehead atoms. The molecule has 1 aromatic rings. The van der Waals surface area contributed by atoms with Crippen LogP contribution in [-0.4, -0.2) is 40.8 Å². The van der Waals surface area contributed by atoms with E-state index in [-0.39, 0.29) is 0 Å². The normalized spacial score (nSPS) is 15.6. The lowest BCUT2D eigenvalue weighted by Gasteiger charge is -2.30. The van der Waals surface area contributed by atoms with Gasteiger partial charge in [0.25, 0.3) is 0 Å². The average Bonchev–Trinajstić information content (AvgIpc) is 2.52. The third-order valence-corrected chi connectivity index (χ3v) is 2.37. The molecule has 0 radical (unpaired) electrons. The van der Waals surface area contributed by atoms with Crippen LogP contribution in [0.3, 0.4) is 0 Å². The Morgan fingerprint density at radius 2 is 2.13 bits per heavy atom. The Morgan fingerprint density at radius 1 is 1.53 bits per heavy atom. The molecule has 1 atom stereocenters. The molecule has 0 aliphatic rings. The molecule has 1 N–H and O–H groups in total. The van der Waals surface area contributed by atoms with Crippen molar-refractivity contribution in [2.45, 2.75) is 25.2 Å². The number of nitrogens with zero attached hydrogens (tertiary/aromatic N) is 2. The second-order valence-electron chi connectivity index (χ2n) is 3.79. The van der Waals surface area contributed by atoms with Gasteiger partial charge in [0, 0.05) is 40.1 Å². The van der Waals surface area contributed by atoms with Crippen molar-refractivity contribution in [1.29, 1.82) is 0 Å². The van der Waals surface area contributed by atoms with E-state index in [4.69, 9.17) is 9.47 Å². The maximum Gasteiger partial charge on any atom is 0.185 e. The van der Waals surface area contributed by atoms with Crippen molar-refractivity contribution in [3.63, 3.8) is 0 Å². The highest BCUT2D eigenvalue weighted by molar-refractivity contribution is 4.97. The fraction of sp³-hybridized carbons (Fsp3) is 0.700. The highest BCUT2D eigenvalue weighted by Crippen LogP contribution is 2.18. The van der Waals surface area contributed by atoms with Crippen LogP contribution in [0.4, 0.5) is 0 Å². The van der Waals surface area contributed by atoms with Crippen LogP contribution in [-0.2, 0) is 22.9 Å². The van der Waals surface area contributed by atoms with Gasteiger partial charge in [-0.25, -0.2) is 4.98 Å². The van der Waals surface area contributed by atoms with E-state index in [1.165, 1.54) is 14.2 Å². The summed E-state index contributed by atoms with van der Waals surface area (Å²) in [6.45, 7) is 1.67. The molecule has 1 unspecified atom stereocenters. The minimum Gasteiger partial charge on any atom is -0.384 e. The first-order valence-corrected chi connectivity index (χ1v) is 4.75. The van der Waals surface area contributed by atoms with Gasteiger partial charge < -0.3 is 19.1 Å². The Balaban J connectivity index is 2.75. The van der Waals surface area contributed by atoms with Crippen LogP contribution in [0, 0.1) is 0 Å². The Hall–Kier alpha value is -0.910. The van der Waals surface area contributed by atoms with E-state index in [2.05, 4.69) is 4.98 Å². The summed E-state index contributed by atoms with van der Waals surface area (Å²) < 4.78 is 11.9. The second-order valence-corrected chi connectivity index (χ2v) is 3.79. The summed E-state index contributed by atoms with van der Waals surface area (Å²) in [4.78, 5) is 4.14. The third kappa shape index (κ3) is 2.77. The highest BCUT2D eigenvalue weighted by atomic mass is 16.7. The van der Waals surface area contributed by atoms with Crippen LogP contribution in [0.1, 0.15) is 12.7 Å².